The fourth-order valence-electron chi connectivity index (χ4n) is 3.21. The van der Waals surface area contributed by atoms with Crippen molar-refractivity contribution < 1.29 is 17.9 Å². The maximum atomic E-state index is 13.8. The van der Waals surface area contributed by atoms with Crippen LogP contribution in [0.1, 0.15) is 12.1 Å². The third-order valence-electron chi connectivity index (χ3n) is 4.39. The number of benzene rings is 1. The van der Waals surface area contributed by atoms with E-state index in [9.17, 15) is 13.2 Å². The Morgan fingerprint density at radius 3 is 2.77 bits per heavy atom. The molecule has 0 saturated heterocycles. The lowest BCUT2D eigenvalue weighted by molar-refractivity contribution is -0.0494. The van der Waals surface area contributed by atoms with Crippen LogP contribution in [0.4, 0.5) is 13.2 Å². The molecule has 1 aromatic carbocycles. The summed E-state index contributed by atoms with van der Waals surface area (Å²) in [5, 5.41) is 3.98. The maximum absolute atomic E-state index is 13.8. The lowest BCUT2D eigenvalue weighted by atomic mass is 10.0. The number of rotatable bonds is 4. The molecule has 134 valence electrons. The molecule has 0 aliphatic carbocycles. The van der Waals surface area contributed by atoms with Crippen molar-refractivity contribution in [2.75, 3.05) is 13.1 Å². The standard InChI is InChI=1S/C19H16F3N3O/c20-12-1-2-17(26-19(21)22)14(9-12)13-5-8-24-18-15(13)10-16(25-18)11-3-6-23-7-4-11/h1-3,5,8-10,19,23H,4,6-7H2,(H,24,25). The van der Waals surface area contributed by atoms with Crippen LogP contribution in [0, 0.1) is 5.82 Å². The zero-order chi connectivity index (χ0) is 18.1. The van der Waals surface area contributed by atoms with E-state index in [1.807, 2.05) is 6.07 Å². The second-order valence-electron chi connectivity index (χ2n) is 6.01. The van der Waals surface area contributed by atoms with Gasteiger partial charge in [0.15, 0.2) is 0 Å². The van der Waals surface area contributed by atoms with Crippen molar-refractivity contribution in [3.8, 4) is 16.9 Å². The van der Waals surface area contributed by atoms with Gasteiger partial charge in [0.25, 0.3) is 0 Å². The van der Waals surface area contributed by atoms with Gasteiger partial charge in [-0.1, -0.05) is 6.08 Å². The molecule has 0 spiro atoms. The highest BCUT2D eigenvalue weighted by molar-refractivity contribution is 5.96. The van der Waals surface area contributed by atoms with Crippen LogP contribution in [-0.2, 0) is 0 Å². The molecule has 0 atom stereocenters. The zero-order valence-electron chi connectivity index (χ0n) is 13.7. The highest BCUT2D eigenvalue weighted by atomic mass is 19.3. The quantitative estimate of drug-likeness (QED) is 0.728. The second kappa shape index (κ2) is 6.84. The predicted molar refractivity (Wildman–Crippen MR) is 93.6 cm³/mol. The van der Waals surface area contributed by atoms with Crippen molar-refractivity contribution in [3.05, 3.63) is 54.1 Å². The lowest BCUT2D eigenvalue weighted by Crippen LogP contribution is -2.20. The Morgan fingerprint density at radius 1 is 1.12 bits per heavy atom. The zero-order valence-corrected chi connectivity index (χ0v) is 13.7. The molecule has 3 aromatic rings. The average Bonchev–Trinajstić information content (AvgIpc) is 3.08. The molecule has 7 heteroatoms. The summed E-state index contributed by atoms with van der Waals surface area (Å²) in [4.78, 5) is 7.58. The third kappa shape index (κ3) is 3.17. The SMILES string of the molecule is Fc1ccc(OC(F)F)c(-c2ccnc3[nH]c(C4=CCNCC4)cc23)c1. The molecule has 2 N–H and O–H groups in total. The summed E-state index contributed by atoms with van der Waals surface area (Å²) in [6, 6.07) is 7.10. The number of aromatic amines is 1. The van der Waals surface area contributed by atoms with Gasteiger partial charge in [0, 0.05) is 29.4 Å². The van der Waals surface area contributed by atoms with Crippen molar-refractivity contribution in [3.63, 3.8) is 0 Å². The minimum atomic E-state index is -2.99. The Bertz CT molecular complexity index is 981. The number of pyridine rings is 1. The first-order valence-electron chi connectivity index (χ1n) is 8.24. The van der Waals surface area contributed by atoms with Crippen LogP contribution < -0.4 is 10.1 Å². The van der Waals surface area contributed by atoms with E-state index in [-0.39, 0.29) is 11.3 Å². The number of nitrogens with zero attached hydrogens (tertiary/aromatic N) is 1. The number of nitrogens with one attached hydrogen (secondary N) is 2. The summed E-state index contributed by atoms with van der Waals surface area (Å²) in [6.07, 6.45) is 4.54. The molecule has 4 rings (SSSR count). The van der Waals surface area contributed by atoms with Crippen LogP contribution in [0.15, 0.2) is 42.6 Å². The monoisotopic (exact) mass is 359 g/mol. The van der Waals surface area contributed by atoms with E-state index in [0.717, 1.165) is 42.2 Å². The molecule has 0 amide bonds. The van der Waals surface area contributed by atoms with Gasteiger partial charge in [-0.25, -0.2) is 9.37 Å². The third-order valence-corrected chi connectivity index (χ3v) is 4.39. The first-order chi connectivity index (χ1) is 12.6. The van der Waals surface area contributed by atoms with Crippen molar-refractivity contribution >= 4 is 16.6 Å². The average molecular weight is 359 g/mol. The van der Waals surface area contributed by atoms with E-state index in [4.69, 9.17) is 0 Å². The van der Waals surface area contributed by atoms with Gasteiger partial charge in [-0.15, -0.1) is 0 Å². The number of fused-ring (bicyclic) bond motifs is 1. The Morgan fingerprint density at radius 2 is 2.00 bits per heavy atom. The van der Waals surface area contributed by atoms with Gasteiger partial charge in [0.2, 0.25) is 0 Å². The van der Waals surface area contributed by atoms with Crippen molar-refractivity contribution in [2.45, 2.75) is 13.0 Å². The smallest absolute Gasteiger partial charge is 0.387 e. The summed E-state index contributed by atoms with van der Waals surface area (Å²) < 4.78 is 43.8. The molecule has 4 nitrogen and oxygen atoms in total. The van der Waals surface area contributed by atoms with E-state index in [1.54, 1.807) is 12.3 Å². The topological polar surface area (TPSA) is 49.9 Å². The minimum Gasteiger partial charge on any atom is -0.434 e. The van der Waals surface area contributed by atoms with Gasteiger partial charge in [0.05, 0.1) is 0 Å². The number of H-pyrrole nitrogens is 1. The highest BCUT2D eigenvalue weighted by Gasteiger charge is 2.17. The molecular formula is C19H16F3N3O. The summed E-state index contributed by atoms with van der Waals surface area (Å²) in [5.74, 6) is -0.596. The van der Waals surface area contributed by atoms with Gasteiger partial charge < -0.3 is 15.0 Å². The first kappa shape index (κ1) is 16.7. The minimum absolute atomic E-state index is 0.0715. The molecule has 0 radical (unpaired) electrons. The fourth-order valence-corrected chi connectivity index (χ4v) is 3.21. The molecule has 0 bridgehead atoms. The van der Waals surface area contributed by atoms with Crippen molar-refractivity contribution in [2.24, 2.45) is 0 Å². The number of alkyl halides is 2. The Hall–Kier alpha value is -2.80. The van der Waals surface area contributed by atoms with Gasteiger partial charge in [-0.2, -0.15) is 8.78 Å². The number of hydrogen-bond acceptors (Lipinski definition) is 3. The predicted octanol–water partition coefficient (Wildman–Crippen LogP) is 4.35. The van der Waals surface area contributed by atoms with Crippen LogP contribution in [-0.4, -0.2) is 29.7 Å². The number of aromatic nitrogens is 2. The van der Waals surface area contributed by atoms with Gasteiger partial charge in [0.1, 0.15) is 17.2 Å². The van der Waals surface area contributed by atoms with E-state index in [1.165, 1.54) is 12.1 Å². The lowest BCUT2D eigenvalue weighted by Gasteiger charge is -2.12. The van der Waals surface area contributed by atoms with E-state index < -0.39 is 12.4 Å². The summed E-state index contributed by atoms with van der Waals surface area (Å²) in [6.45, 7) is -1.31. The molecule has 0 fully saturated rings. The van der Waals surface area contributed by atoms with Gasteiger partial charge >= 0.3 is 6.61 Å². The molecule has 26 heavy (non-hydrogen) atoms. The molecule has 1 aliphatic rings. The largest absolute Gasteiger partial charge is 0.434 e. The van der Waals surface area contributed by atoms with Crippen LogP contribution in [0.3, 0.4) is 0 Å². The summed E-state index contributed by atoms with van der Waals surface area (Å²) in [7, 11) is 0. The maximum Gasteiger partial charge on any atom is 0.387 e. The van der Waals surface area contributed by atoms with Gasteiger partial charge in [-0.3, -0.25) is 0 Å². The first-order valence-corrected chi connectivity index (χ1v) is 8.24. The molecule has 2 aromatic heterocycles. The Labute approximate surface area is 147 Å². The second-order valence-corrected chi connectivity index (χ2v) is 6.01. The molecule has 3 heterocycles. The van der Waals surface area contributed by atoms with Crippen molar-refractivity contribution in [1.29, 1.82) is 0 Å². The molecule has 0 unspecified atom stereocenters. The number of halogens is 3. The van der Waals surface area contributed by atoms with E-state index in [2.05, 4.69) is 26.1 Å². The van der Waals surface area contributed by atoms with Gasteiger partial charge in [-0.05, 0) is 54.4 Å². The van der Waals surface area contributed by atoms with Crippen molar-refractivity contribution in [1.82, 2.24) is 15.3 Å². The Balaban J connectivity index is 1.86. The van der Waals surface area contributed by atoms with Crippen LogP contribution in [0.25, 0.3) is 27.7 Å². The molecule has 0 saturated carbocycles. The Kier molecular flexibility index (Phi) is 4.38. The molecule has 1 aliphatic heterocycles. The van der Waals surface area contributed by atoms with E-state index in [0.29, 0.717) is 11.2 Å². The van der Waals surface area contributed by atoms with Crippen LogP contribution in [0.5, 0.6) is 5.75 Å². The van der Waals surface area contributed by atoms with Crippen LogP contribution >= 0.6 is 0 Å². The van der Waals surface area contributed by atoms with Crippen LogP contribution in [0.2, 0.25) is 0 Å². The number of ether oxygens (including phenoxy) is 1. The van der Waals surface area contributed by atoms with E-state index >= 15 is 0 Å². The summed E-state index contributed by atoms with van der Waals surface area (Å²) >= 11 is 0. The number of hydrogen-bond donors (Lipinski definition) is 2. The normalized spacial score (nSPS) is 14.7. The fraction of sp³-hybridized carbons (Fsp3) is 0.211. The summed E-state index contributed by atoms with van der Waals surface area (Å²) in [5.41, 5.74) is 3.55. The molecular weight excluding hydrogens is 343 g/mol. The highest BCUT2D eigenvalue weighted by Crippen LogP contribution is 2.37.